The number of furan rings is 1. The molecule has 1 atom stereocenters. The van der Waals surface area contributed by atoms with Crippen LogP contribution < -0.4 is 5.73 Å². The van der Waals surface area contributed by atoms with Crippen molar-refractivity contribution < 1.29 is 14.3 Å². The second-order valence-electron chi connectivity index (χ2n) is 3.77. The first-order chi connectivity index (χ1) is 7.66. The van der Waals surface area contributed by atoms with Crippen molar-refractivity contribution in [3.63, 3.8) is 0 Å². The number of hydrogen-bond donors (Lipinski definition) is 3. The molecular formula is C10H9N3O3. The Hall–Kier alpha value is -2.08. The van der Waals surface area contributed by atoms with Crippen molar-refractivity contribution in [2.24, 2.45) is 5.73 Å². The molecule has 2 heterocycles. The monoisotopic (exact) mass is 219 g/mol. The van der Waals surface area contributed by atoms with E-state index in [4.69, 9.17) is 15.3 Å². The number of carboxylic acids is 1. The lowest BCUT2D eigenvalue weighted by Gasteiger charge is -2.16. The van der Waals surface area contributed by atoms with Crippen molar-refractivity contribution in [2.45, 2.75) is 12.5 Å². The fourth-order valence-corrected chi connectivity index (χ4v) is 1.99. The molecule has 0 saturated carbocycles. The number of H-pyrrole nitrogens is 1. The zero-order valence-electron chi connectivity index (χ0n) is 8.23. The van der Waals surface area contributed by atoms with Crippen LogP contribution in [0, 0.1) is 0 Å². The fourth-order valence-electron chi connectivity index (χ4n) is 1.99. The molecule has 0 radical (unpaired) electrons. The maximum atomic E-state index is 10.8. The summed E-state index contributed by atoms with van der Waals surface area (Å²) in [6.07, 6.45) is 2.23. The molecule has 0 amide bonds. The lowest BCUT2D eigenvalue weighted by molar-refractivity contribution is 0.0663. The van der Waals surface area contributed by atoms with Crippen LogP contribution >= 0.6 is 0 Å². The normalized spacial score (nSPS) is 17.9. The zero-order valence-corrected chi connectivity index (χ0v) is 8.23. The Morgan fingerprint density at radius 2 is 2.50 bits per heavy atom. The minimum absolute atomic E-state index is 0.0884. The number of nitrogens with two attached hydrogens (primary N) is 1. The zero-order chi connectivity index (χ0) is 11.3. The Labute approximate surface area is 90.1 Å². The molecule has 6 nitrogen and oxygen atoms in total. The van der Waals surface area contributed by atoms with Crippen molar-refractivity contribution in [3.8, 4) is 11.3 Å². The smallest absolute Gasteiger partial charge is 0.371 e. The Balaban J connectivity index is 2.23. The van der Waals surface area contributed by atoms with Crippen LogP contribution in [0.4, 0.5) is 0 Å². The summed E-state index contributed by atoms with van der Waals surface area (Å²) in [5.74, 6) is -0.666. The molecule has 16 heavy (non-hydrogen) atoms. The van der Waals surface area contributed by atoms with Gasteiger partial charge >= 0.3 is 5.97 Å². The van der Waals surface area contributed by atoms with E-state index >= 15 is 0 Å². The molecule has 0 spiro atoms. The average molecular weight is 219 g/mol. The van der Waals surface area contributed by atoms with E-state index in [9.17, 15) is 4.79 Å². The fraction of sp³-hybridized carbons (Fsp3) is 0.200. The quantitative estimate of drug-likeness (QED) is 0.661. The van der Waals surface area contributed by atoms with Crippen molar-refractivity contribution in [3.05, 3.63) is 29.3 Å². The number of fused-ring (bicyclic) bond motifs is 3. The first kappa shape index (κ1) is 9.17. The number of hydrogen-bond acceptors (Lipinski definition) is 4. The number of carboxylic acid groups (broad SMARTS) is 1. The van der Waals surface area contributed by atoms with Crippen LogP contribution in [0.3, 0.4) is 0 Å². The van der Waals surface area contributed by atoms with Gasteiger partial charge in [0.1, 0.15) is 5.76 Å². The molecule has 0 saturated heterocycles. The van der Waals surface area contributed by atoms with Gasteiger partial charge < -0.3 is 15.3 Å². The highest BCUT2D eigenvalue weighted by atomic mass is 16.4. The Bertz CT molecular complexity index is 570. The molecule has 1 unspecified atom stereocenters. The molecule has 0 bridgehead atoms. The maximum absolute atomic E-state index is 10.8. The molecule has 6 heteroatoms. The van der Waals surface area contributed by atoms with Crippen LogP contribution in [-0.2, 0) is 6.42 Å². The number of rotatable bonds is 1. The summed E-state index contributed by atoms with van der Waals surface area (Å²) in [5, 5.41) is 15.6. The molecule has 1 aliphatic carbocycles. The number of nitrogens with zero attached hydrogens (tertiary/aromatic N) is 1. The van der Waals surface area contributed by atoms with Crippen LogP contribution in [0.1, 0.15) is 27.9 Å². The van der Waals surface area contributed by atoms with Crippen LogP contribution in [0.2, 0.25) is 0 Å². The summed E-state index contributed by atoms with van der Waals surface area (Å²) in [7, 11) is 0. The summed E-state index contributed by atoms with van der Waals surface area (Å²) in [6.45, 7) is 0. The molecular weight excluding hydrogens is 210 g/mol. The summed E-state index contributed by atoms with van der Waals surface area (Å²) < 4.78 is 5.28. The van der Waals surface area contributed by atoms with Crippen LogP contribution in [0.15, 0.2) is 16.7 Å². The highest BCUT2D eigenvalue weighted by molar-refractivity contribution is 5.86. The number of carbonyl (C=O) groups is 1. The summed E-state index contributed by atoms with van der Waals surface area (Å²) in [5.41, 5.74) is 8.34. The third-order valence-corrected chi connectivity index (χ3v) is 2.76. The highest BCUT2D eigenvalue weighted by Crippen LogP contribution is 2.38. The van der Waals surface area contributed by atoms with E-state index in [2.05, 4.69) is 10.2 Å². The molecule has 2 aromatic heterocycles. The molecule has 3 rings (SSSR count). The van der Waals surface area contributed by atoms with Gasteiger partial charge in [0.15, 0.2) is 0 Å². The van der Waals surface area contributed by atoms with E-state index in [0.29, 0.717) is 12.2 Å². The Morgan fingerprint density at radius 1 is 1.69 bits per heavy atom. The molecule has 2 aromatic rings. The van der Waals surface area contributed by atoms with Crippen molar-refractivity contribution >= 4 is 5.97 Å². The SMILES string of the molecule is NC1Cc2[nH]ncc2-c2oc(C(=O)O)cc21. The topological polar surface area (TPSA) is 105 Å². The molecule has 0 aromatic carbocycles. The summed E-state index contributed by atoms with van der Waals surface area (Å²) >= 11 is 0. The lowest BCUT2D eigenvalue weighted by atomic mass is 9.92. The van der Waals surface area contributed by atoms with Gasteiger partial charge in [-0.15, -0.1) is 0 Å². The standard InChI is InChI=1S/C10H9N3O3/c11-6-2-7-5(3-12-13-7)9-4(6)1-8(16-9)10(14)15/h1,3,6H,2,11H2,(H,12,13)(H,14,15). The van der Waals surface area contributed by atoms with Gasteiger partial charge in [-0.1, -0.05) is 0 Å². The molecule has 0 aliphatic heterocycles. The number of nitrogens with one attached hydrogen (secondary N) is 1. The highest BCUT2D eigenvalue weighted by Gasteiger charge is 2.29. The predicted octanol–water partition coefficient (Wildman–Crippen LogP) is 0.924. The van der Waals surface area contributed by atoms with Crippen LogP contribution in [0.5, 0.6) is 0 Å². The van der Waals surface area contributed by atoms with Crippen molar-refractivity contribution in [1.29, 1.82) is 0 Å². The summed E-state index contributed by atoms with van der Waals surface area (Å²) in [6, 6.07) is 1.23. The lowest BCUT2D eigenvalue weighted by Crippen LogP contribution is -2.17. The minimum atomic E-state index is -1.09. The number of aromatic nitrogens is 2. The second-order valence-corrected chi connectivity index (χ2v) is 3.77. The number of aromatic amines is 1. The molecule has 0 fully saturated rings. The molecule has 4 N–H and O–H groups in total. The molecule has 82 valence electrons. The van der Waals surface area contributed by atoms with Gasteiger partial charge in [0, 0.05) is 23.7 Å². The minimum Gasteiger partial charge on any atom is -0.475 e. The van der Waals surface area contributed by atoms with Crippen molar-refractivity contribution in [1.82, 2.24) is 10.2 Å². The largest absolute Gasteiger partial charge is 0.475 e. The third-order valence-electron chi connectivity index (χ3n) is 2.76. The van der Waals surface area contributed by atoms with E-state index in [1.54, 1.807) is 6.20 Å². The Kier molecular flexibility index (Phi) is 1.69. The van der Waals surface area contributed by atoms with E-state index < -0.39 is 5.97 Å². The molecule has 1 aliphatic rings. The van der Waals surface area contributed by atoms with E-state index in [-0.39, 0.29) is 11.8 Å². The van der Waals surface area contributed by atoms with Gasteiger partial charge in [0.05, 0.1) is 11.8 Å². The van der Waals surface area contributed by atoms with Crippen molar-refractivity contribution in [2.75, 3.05) is 0 Å². The van der Waals surface area contributed by atoms with Gasteiger partial charge in [-0.05, 0) is 6.07 Å². The maximum Gasteiger partial charge on any atom is 0.371 e. The van der Waals surface area contributed by atoms with Gasteiger partial charge in [-0.25, -0.2) is 4.79 Å². The van der Waals surface area contributed by atoms with Gasteiger partial charge in [0.2, 0.25) is 5.76 Å². The second kappa shape index (κ2) is 2.96. The van der Waals surface area contributed by atoms with Gasteiger partial charge in [0.25, 0.3) is 0 Å². The van der Waals surface area contributed by atoms with Gasteiger partial charge in [-0.2, -0.15) is 5.10 Å². The first-order valence-corrected chi connectivity index (χ1v) is 4.82. The van der Waals surface area contributed by atoms with E-state index in [0.717, 1.165) is 16.8 Å². The first-order valence-electron chi connectivity index (χ1n) is 4.82. The number of aromatic carboxylic acids is 1. The van der Waals surface area contributed by atoms with Gasteiger partial charge in [-0.3, -0.25) is 5.10 Å². The van der Waals surface area contributed by atoms with Crippen LogP contribution in [-0.4, -0.2) is 21.3 Å². The third kappa shape index (κ3) is 1.10. The summed E-state index contributed by atoms with van der Waals surface area (Å²) in [4.78, 5) is 10.8. The van der Waals surface area contributed by atoms with E-state index in [1.807, 2.05) is 0 Å². The van der Waals surface area contributed by atoms with E-state index in [1.165, 1.54) is 6.07 Å². The predicted molar refractivity (Wildman–Crippen MR) is 53.9 cm³/mol. The van der Waals surface area contributed by atoms with Crippen LogP contribution in [0.25, 0.3) is 11.3 Å². The average Bonchev–Trinajstić information content (AvgIpc) is 2.80. The Morgan fingerprint density at radius 3 is 3.25 bits per heavy atom.